The Labute approximate surface area is 264 Å². The molecule has 47 heavy (non-hydrogen) atoms. The van der Waals surface area contributed by atoms with Gasteiger partial charge in [-0.2, -0.15) is 0 Å². The molecule has 3 aromatic rings. The molecule has 3 heterocycles. The molecule has 0 radical (unpaired) electrons. The fraction of sp³-hybridized carbons (Fsp3) is 0.483. The quantitative estimate of drug-likeness (QED) is 0.156. The van der Waals surface area contributed by atoms with Crippen LogP contribution in [0.25, 0.3) is 22.3 Å². The Kier molecular flexibility index (Phi) is 9.53. The molecule has 18 nitrogen and oxygen atoms in total. The number of ether oxygens (including phenoxy) is 5. The minimum Gasteiger partial charge on any atom is -0.507 e. The number of aromatic hydroxyl groups is 2. The number of nitro groups is 2. The van der Waals surface area contributed by atoms with Gasteiger partial charge in [0.25, 0.3) is 6.04 Å². The van der Waals surface area contributed by atoms with Crippen LogP contribution in [0, 0.1) is 26.1 Å². The summed E-state index contributed by atoms with van der Waals surface area (Å²) in [7, 11) is 1.36. The number of nitrogens with zero attached hydrogens (tertiary/aromatic N) is 2. The first-order valence-electron chi connectivity index (χ1n) is 14.3. The van der Waals surface area contributed by atoms with Crippen LogP contribution in [0.2, 0.25) is 0 Å². The molecule has 1 aromatic heterocycles. The Hall–Kier alpha value is -4.59. The molecule has 2 fully saturated rings. The summed E-state index contributed by atoms with van der Waals surface area (Å²) in [6, 6.07) is 4.38. The van der Waals surface area contributed by atoms with Crippen LogP contribution in [0.15, 0.2) is 45.6 Å². The van der Waals surface area contributed by atoms with Gasteiger partial charge in [-0.1, -0.05) is 6.92 Å². The van der Waals surface area contributed by atoms with E-state index in [1.807, 2.05) is 0 Å². The highest BCUT2D eigenvalue weighted by molar-refractivity contribution is 5.86. The van der Waals surface area contributed by atoms with Gasteiger partial charge in [0, 0.05) is 33.6 Å². The molecule has 0 unspecified atom stereocenters. The molecule has 0 saturated carbocycles. The number of rotatable bonds is 9. The number of fused-ring (bicyclic) bond motifs is 1. The average molecular weight is 665 g/mol. The van der Waals surface area contributed by atoms with E-state index in [0.29, 0.717) is 5.56 Å². The van der Waals surface area contributed by atoms with E-state index < -0.39 is 88.7 Å². The zero-order valence-electron chi connectivity index (χ0n) is 25.1. The Morgan fingerprint density at radius 1 is 0.872 bits per heavy atom. The van der Waals surface area contributed by atoms with Crippen LogP contribution in [-0.4, -0.2) is 104 Å². The fourth-order valence-corrected chi connectivity index (χ4v) is 5.78. The number of aliphatic hydroxyl groups is 3. The Morgan fingerprint density at radius 3 is 2.21 bits per heavy atom. The molecule has 0 aliphatic carbocycles. The van der Waals surface area contributed by atoms with Crippen molar-refractivity contribution in [1.29, 1.82) is 0 Å². The molecule has 0 spiro atoms. The summed E-state index contributed by atoms with van der Waals surface area (Å²) < 4.78 is 33.1. The molecular weight excluding hydrogens is 632 g/mol. The van der Waals surface area contributed by atoms with Crippen molar-refractivity contribution in [2.75, 3.05) is 13.7 Å². The smallest absolute Gasteiger partial charge is 0.269 e. The maximum atomic E-state index is 12.9. The minimum atomic E-state index is -2.05. The molecule has 18 heteroatoms. The van der Waals surface area contributed by atoms with Crippen molar-refractivity contribution in [3.05, 3.63) is 66.9 Å². The number of hydrogen-bond acceptors (Lipinski definition) is 16. The van der Waals surface area contributed by atoms with Crippen LogP contribution in [0.3, 0.4) is 0 Å². The number of phenols is 2. The van der Waals surface area contributed by atoms with Crippen molar-refractivity contribution in [3.63, 3.8) is 0 Å². The van der Waals surface area contributed by atoms with Crippen molar-refractivity contribution in [3.8, 4) is 34.3 Å². The average Bonchev–Trinajstić information content (AvgIpc) is 2.99. The summed E-state index contributed by atoms with van der Waals surface area (Å²) in [6.07, 6.45) is -11.3. The molecule has 2 aromatic carbocycles. The van der Waals surface area contributed by atoms with Gasteiger partial charge in [0.2, 0.25) is 12.3 Å². The van der Waals surface area contributed by atoms with Crippen molar-refractivity contribution < 1.29 is 63.5 Å². The van der Waals surface area contributed by atoms with E-state index in [-0.39, 0.29) is 34.0 Å². The topological polar surface area (TPSA) is 264 Å². The number of methoxy groups -OCH3 is 1. The van der Waals surface area contributed by atoms with E-state index in [9.17, 15) is 50.6 Å². The lowest BCUT2D eigenvalue weighted by atomic mass is 9.89. The largest absolute Gasteiger partial charge is 0.507 e. The van der Waals surface area contributed by atoms with Crippen LogP contribution >= 0.6 is 0 Å². The van der Waals surface area contributed by atoms with E-state index in [4.69, 9.17) is 28.1 Å². The third kappa shape index (κ3) is 6.51. The van der Waals surface area contributed by atoms with Crippen LogP contribution in [0.1, 0.15) is 13.8 Å². The second-order valence-corrected chi connectivity index (χ2v) is 11.3. The molecule has 10 atom stereocenters. The Balaban J connectivity index is 1.39. The SMILES string of the molecule is COc1ccc(-c2cc(=O)c3c(O)cc(O[C@@H]4O[C@H](CO[C@@H]5O[C@@H](C)[C@H]([N+](=O)[O-])[C@@H](C)[C@H]5O)[C@@H]([N+](=O)[O-])[C@H](O)[C@H]4O)cc3o2)cc1O. The van der Waals surface area contributed by atoms with Crippen molar-refractivity contribution in [2.45, 2.75) is 69.0 Å². The minimum absolute atomic E-state index is 0.00713. The summed E-state index contributed by atoms with van der Waals surface area (Å²) in [6.45, 7) is 2.17. The maximum Gasteiger partial charge on any atom is 0.269 e. The molecule has 2 aliphatic rings. The van der Waals surface area contributed by atoms with Gasteiger partial charge in [-0.25, -0.2) is 0 Å². The summed E-state index contributed by atoms with van der Waals surface area (Å²) in [5.74, 6) is -1.76. The van der Waals surface area contributed by atoms with Gasteiger partial charge >= 0.3 is 0 Å². The highest BCUT2D eigenvalue weighted by Gasteiger charge is 2.54. The monoisotopic (exact) mass is 664 g/mol. The highest BCUT2D eigenvalue weighted by Crippen LogP contribution is 2.36. The van der Waals surface area contributed by atoms with Gasteiger partial charge in [0.15, 0.2) is 35.4 Å². The number of aliphatic hydroxyl groups excluding tert-OH is 3. The number of benzene rings is 2. The van der Waals surface area contributed by atoms with Crippen molar-refractivity contribution >= 4 is 11.0 Å². The summed E-state index contributed by atoms with van der Waals surface area (Å²) in [5, 5.41) is 75.7. The first-order valence-corrected chi connectivity index (χ1v) is 14.3. The molecule has 0 amide bonds. The van der Waals surface area contributed by atoms with E-state index >= 15 is 0 Å². The van der Waals surface area contributed by atoms with Gasteiger partial charge in [0.05, 0.1) is 19.6 Å². The zero-order chi connectivity index (χ0) is 34.3. The van der Waals surface area contributed by atoms with Crippen LogP contribution in [-0.2, 0) is 14.2 Å². The van der Waals surface area contributed by atoms with Crippen LogP contribution in [0.4, 0.5) is 0 Å². The van der Waals surface area contributed by atoms with Gasteiger partial charge in [-0.3, -0.25) is 25.0 Å². The lowest BCUT2D eigenvalue weighted by molar-refractivity contribution is -0.566. The second kappa shape index (κ2) is 13.3. The molecule has 0 bridgehead atoms. The predicted octanol–water partition coefficient (Wildman–Crippen LogP) is 0.754. The van der Waals surface area contributed by atoms with E-state index in [1.165, 1.54) is 45.2 Å². The van der Waals surface area contributed by atoms with Gasteiger partial charge in [-0.05, 0) is 25.1 Å². The Morgan fingerprint density at radius 2 is 1.57 bits per heavy atom. The number of phenolic OH excluding ortho intramolecular Hbond substituents is 2. The van der Waals surface area contributed by atoms with E-state index in [0.717, 1.165) is 12.1 Å². The first-order chi connectivity index (χ1) is 22.2. The van der Waals surface area contributed by atoms with E-state index in [1.54, 1.807) is 0 Å². The van der Waals surface area contributed by atoms with Gasteiger partial charge < -0.3 is 53.6 Å². The molecule has 2 saturated heterocycles. The van der Waals surface area contributed by atoms with E-state index in [2.05, 4.69) is 0 Å². The second-order valence-electron chi connectivity index (χ2n) is 11.3. The first kappa shape index (κ1) is 33.8. The predicted molar refractivity (Wildman–Crippen MR) is 156 cm³/mol. The zero-order valence-corrected chi connectivity index (χ0v) is 25.1. The summed E-state index contributed by atoms with van der Waals surface area (Å²) in [4.78, 5) is 34.7. The molecule has 5 rings (SSSR count). The van der Waals surface area contributed by atoms with Gasteiger partial charge in [-0.15, -0.1) is 0 Å². The van der Waals surface area contributed by atoms with Crippen LogP contribution in [0.5, 0.6) is 23.0 Å². The van der Waals surface area contributed by atoms with Crippen LogP contribution < -0.4 is 14.9 Å². The maximum absolute atomic E-state index is 12.9. The lowest BCUT2D eigenvalue weighted by Crippen LogP contribution is -2.63. The Bertz CT molecular complexity index is 1710. The standard InChI is InChI=1S/C29H32N2O16/c1-11-23(30(38)39)12(2)44-28(25(11)35)43-10-21-24(31(40)41)26(36)27(37)29(47-21)45-14-7-16(33)22-17(34)9-19(46-20(22)8-14)13-4-5-18(42-3)15(32)6-13/h4-9,11-12,21,23-29,32-33,35-37H,10H2,1-3H3/t11-,12+,21-,23-,24-,25-,26+,27-,28-,29-/m1/s1. The molecule has 5 N–H and O–H groups in total. The molecule has 254 valence electrons. The van der Waals surface area contributed by atoms with Crippen molar-refractivity contribution in [2.24, 2.45) is 5.92 Å². The lowest BCUT2D eigenvalue weighted by Gasteiger charge is -2.40. The van der Waals surface area contributed by atoms with Gasteiger partial charge in [0.1, 0.15) is 46.5 Å². The fourth-order valence-electron chi connectivity index (χ4n) is 5.78. The third-order valence-electron chi connectivity index (χ3n) is 8.27. The number of hydrogen-bond donors (Lipinski definition) is 5. The summed E-state index contributed by atoms with van der Waals surface area (Å²) >= 11 is 0. The molecule has 2 aliphatic heterocycles. The normalized spacial score (nSPS) is 30.9. The van der Waals surface area contributed by atoms with Crippen molar-refractivity contribution in [1.82, 2.24) is 0 Å². The highest BCUT2D eigenvalue weighted by atomic mass is 16.7. The summed E-state index contributed by atoms with van der Waals surface area (Å²) in [5.41, 5.74) is -0.525. The third-order valence-corrected chi connectivity index (χ3v) is 8.27. The molecular formula is C29H32N2O16.